The van der Waals surface area contributed by atoms with Crippen molar-refractivity contribution in [3.05, 3.63) is 95.6 Å². The Morgan fingerprint density at radius 2 is 1.44 bits per heavy atom. The number of amides is 3. The van der Waals surface area contributed by atoms with E-state index in [-0.39, 0.29) is 24.8 Å². The molecule has 1 fully saturated rings. The van der Waals surface area contributed by atoms with E-state index in [4.69, 9.17) is 15.2 Å². The predicted octanol–water partition coefficient (Wildman–Crippen LogP) is 3.08. The molecule has 4 rings (SSSR count). The molecular weight excluding hydrogens is 520 g/mol. The lowest BCUT2D eigenvalue weighted by Crippen LogP contribution is -2.57. The third-order valence-electron chi connectivity index (χ3n) is 7.16. The van der Waals surface area contributed by atoms with Crippen LogP contribution in [0.25, 0.3) is 0 Å². The molecule has 3 aromatic carbocycles. The van der Waals surface area contributed by atoms with Crippen LogP contribution in [-0.4, -0.2) is 66.8 Å². The zero-order chi connectivity index (χ0) is 29.2. The fourth-order valence-electron chi connectivity index (χ4n) is 4.75. The molecule has 0 aromatic heterocycles. The number of nitrogens with one attached hydrogen (secondary N) is 1. The Hall–Kier alpha value is -4.37. The van der Waals surface area contributed by atoms with Gasteiger partial charge in [0.2, 0.25) is 17.7 Å². The summed E-state index contributed by atoms with van der Waals surface area (Å²) in [6.07, 6.45) is 0.154. The average molecular weight is 559 g/mol. The topological polar surface area (TPSA) is 114 Å². The van der Waals surface area contributed by atoms with Crippen LogP contribution in [0.2, 0.25) is 0 Å². The van der Waals surface area contributed by atoms with E-state index in [1.165, 1.54) is 0 Å². The number of hydrogen-bond donors (Lipinski definition) is 2. The van der Waals surface area contributed by atoms with Crippen molar-refractivity contribution >= 4 is 17.7 Å². The number of carbonyl (C=O) groups is 3. The van der Waals surface area contributed by atoms with E-state index in [0.717, 1.165) is 11.1 Å². The zero-order valence-electron chi connectivity index (χ0n) is 23.6. The number of carbonyl (C=O) groups excluding carboxylic acids is 3. The predicted molar refractivity (Wildman–Crippen MR) is 156 cm³/mol. The van der Waals surface area contributed by atoms with Gasteiger partial charge in [0.1, 0.15) is 30.8 Å². The van der Waals surface area contributed by atoms with Gasteiger partial charge < -0.3 is 30.3 Å². The maximum absolute atomic E-state index is 13.8. The third kappa shape index (κ3) is 8.08. The molecule has 41 heavy (non-hydrogen) atoms. The van der Waals surface area contributed by atoms with E-state index in [9.17, 15) is 14.4 Å². The lowest BCUT2D eigenvalue weighted by Gasteiger charge is -2.36. The summed E-state index contributed by atoms with van der Waals surface area (Å²) in [4.78, 5) is 43.3. The number of ether oxygens (including phenoxy) is 2. The maximum atomic E-state index is 13.8. The Labute approximate surface area is 241 Å². The first-order chi connectivity index (χ1) is 19.9. The first-order valence-electron chi connectivity index (χ1n) is 13.9. The fraction of sp³-hybridized carbons (Fsp3) is 0.344. The average Bonchev–Trinajstić information content (AvgIpc) is 3.00. The molecule has 0 bridgehead atoms. The normalized spacial score (nSPS) is 15.0. The van der Waals surface area contributed by atoms with E-state index in [0.29, 0.717) is 49.8 Å². The third-order valence-corrected chi connectivity index (χ3v) is 7.16. The van der Waals surface area contributed by atoms with Crippen molar-refractivity contribution in [2.75, 3.05) is 33.2 Å². The van der Waals surface area contributed by atoms with Crippen molar-refractivity contribution in [3.8, 4) is 11.5 Å². The molecule has 1 heterocycles. The van der Waals surface area contributed by atoms with Crippen molar-refractivity contribution in [2.45, 2.75) is 38.5 Å². The maximum Gasteiger partial charge on any atom is 0.246 e. The Morgan fingerprint density at radius 3 is 2.00 bits per heavy atom. The summed E-state index contributed by atoms with van der Waals surface area (Å²) in [5.74, 6) is -1.71. The van der Waals surface area contributed by atoms with Gasteiger partial charge in [0, 0.05) is 44.2 Å². The van der Waals surface area contributed by atoms with Crippen molar-refractivity contribution in [2.24, 2.45) is 5.73 Å². The van der Waals surface area contributed by atoms with Gasteiger partial charge in [0.25, 0.3) is 0 Å². The summed E-state index contributed by atoms with van der Waals surface area (Å²) < 4.78 is 12.3. The Kier molecular flexibility index (Phi) is 10.3. The molecule has 0 aliphatic carbocycles. The SMILES string of the molecule is CCC(=O)N[C@H](C(=O)N1CCN(C)CC1)C(C(N)=O)c1ccc(OCc2ccccc2)cc1OCc1ccccc1. The van der Waals surface area contributed by atoms with Gasteiger partial charge in [-0.2, -0.15) is 0 Å². The van der Waals surface area contributed by atoms with E-state index in [1.54, 1.807) is 30.0 Å². The van der Waals surface area contributed by atoms with Gasteiger partial charge in [-0.1, -0.05) is 73.7 Å². The van der Waals surface area contributed by atoms with Gasteiger partial charge in [-0.15, -0.1) is 0 Å². The second-order valence-electron chi connectivity index (χ2n) is 10.2. The van der Waals surface area contributed by atoms with Gasteiger partial charge in [-0.3, -0.25) is 14.4 Å². The molecule has 1 aliphatic rings. The molecular formula is C32H38N4O5. The standard InChI is InChI=1S/C32H38N4O5/c1-3-28(37)34-30(32(39)36-18-16-35(2)17-19-36)29(31(33)38)26-15-14-25(40-21-23-10-6-4-7-11-23)20-27(26)41-22-24-12-8-5-9-13-24/h4-15,20,29-30H,3,16-19,21-22H2,1-2H3,(H2,33,38)(H,34,37)/t29?,30-/m0/s1. The fourth-order valence-corrected chi connectivity index (χ4v) is 4.75. The van der Waals surface area contributed by atoms with Crippen molar-refractivity contribution in [1.82, 2.24) is 15.1 Å². The van der Waals surface area contributed by atoms with E-state index in [2.05, 4.69) is 10.2 Å². The van der Waals surface area contributed by atoms with Crippen LogP contribution in [0.4, 0.5) is 0 Å². The highest BCUT2D eigenvalue weighted by atomic mass is 16.5. The van der Waals surface area contributed by atoms with Crippen LogP contribution in [0, 0.1) is 0 Å². The zero-order valence-corrected chi connectivity index (χ0v) is 23.6. The van der Waals surface area contributed by atoms with Crippen molar-refractivity contribution in [1.29, 1.82) is 0 Å². The minimum Gasteiger partial charge on any atom is -0.489 e. The molecule has 3 aromatic rings. The molecule has 1 saturated heterocycles. The molecule has 0 radical (unpaired) electrons. The van der Waals surface area contributed by atoms with E-state index >= 15 is 0 Å². The van der Waals surface area contributed by atoms with Gasteiger partial charge >= 0.3 is 0 Å². The Balaban J connectivity index is 1.69. The lowest BCUT2D eigenvalue weighted by molar-refractivity contribution is -0.140. The number of rotatable bonds is 12. The molecule has 9 nitrogen and oxygen atoms in total. The van der Waals surface area contributed by atoms with Crippen LogP contribution in [-0.2, 0) is 27.6 Å². The molecule has 3 N–H and O–H groups in total. The minimum absolute atomic E-state index is 0.154. The summed E-state index contributed by atoms with van der Waals surface area (Å²) in [6, 6.07) is 23.3. The number of hydrogen-bond acceptors (Lipinski definition) is 6. The minimum atomic E-state index is -1.18. The quantitative estimate of drug-likeness (QED) is 0.353. The summed E-state index contributed by atoms with van der Waals surface area (Å²) in [5, 5.41) is 2.79. The molecule has 1 unspecified atom stereocenters. The van der Waals surface area contributed by atoms with Gasteiger partial charge in [-0.05, 0) is 24.2 Å². The monoisotopic (exact) mass is 558 g/mol. The highest BCUT2D eigenvalue weighted by Crippen LogP contribution is 2.34. The first-order valence-corrected chi connectivity index (χ1v) is 13.9. The molecule has 9 heteroatoms. The van der Waals surface area contributed by atoms with Crippen LogP contribution in [0.3, 0.4) is 0 Å². The van der Waals surface area contributed by atoms with Gasteiger partial charge in [0.15, 0.2) is 0 Å². The van der Waals surface area contributed by atoms with E-state index < -0.39 is 17.9 Å². The molecule has 1 aliphatic heterocycles. The van der Waals surface area contributed by atoms with Crippen LogP contribution in [0.5, 0.6) is 11.5 Å². The van der Waals surface area contributed by atoms with Crippen LogP contribution < -0.4 is 20.5 Å². The number of nitrogens with zero attached hydrogens (tertiary/aromatic N) is 2. The largest absolute Gasteiger partial charge is 0.489 e. The molecule has 216 valence electrons. The summed E-state index contributed by atoms with van der Waals surface area (Å²) in [7, 11) is 1.99. The van der Waals surface area contributed by atoms with Gasteiger partial charge in [0.05, 0.1) is 5.92 Å². The number of piperazine rings is 1. The van der Waals surface area contributed by atoms with E-state index in [1.807, 2.05) is 67.7 Å². The van der Waals surface area contributed by atoms with Crippen LogP contribution in [0.15, 0.2) is 78.9 Å². The second kappa shape index (κ2) is 14.3. The highest BCUT2D eigenvalue weighted by Gasteiger charge is 2.39. The second-order valence-corrected chi connectivity index (χ2v) is 10.2. The number of benzene rings is 3. The van der Waals surface area contributed by atoms with Crippen molar-refractivity contribution < 1.29 is 23.9 Å². The lowest BCUT2D eigenvalue weighted by atomic mass is 9.88. The highest BCUT2D eigenvalue weighted by molar-refractivity contribution is 5.96. The Morgan fingerprint density at radius 1 is 0.854 bits per heavy atom. The van der Waals surface area contributed by atoms with Crippen LogP contribution >= 0.6 is 0 Å². The number of nitrogens with two attached hydrogens (primary N) is 1. The molecule has 2 atom stereocenters. The first kappa shape index (κ1) is 29.6. The molecule has 3 amide bonds. The number of likely N-dealkylation sites (N-methyl/N-ethyl adjacent to an activating group) is 1. The summed E-state index contributed by atoms with van der Waals surface area (Å²) in [5.41, 5.74) is 8.30. The molecule has 0 spiro atoms. The smallest absolute Gasteiger partial charge is 0.246 e. The summed E-state index contributed by atoms with van der Waals surface area (Å²) in [6.45, 7) is 4.63. The van der Waals surface area contributed by atoms with Crippen LogP contribution in [0.1, 0.15) is 36.0 Å². The van der Waals surface area contributed by atoms with Gasteiger partial charge in [-0.25, -0.2) is 0 Å². The Bertz CT molecular complexity index is 1310. The molecule has 0 saturated carbocycles. The number of primary amides is 1. The van der Waals surface area contributed by atoms with Crippen molar-refractivity contribution in [3.63, 3.8) is 0 Å². The summed E-state index contributed by atoms with van der Waals surface area (Å²) >= 11 is 0.